The molecule has 0 aliphatic heterocycles. The quantitative estimate of drug-likeness (QED) is 0.239. The van der Waals surface area contributed by atoms with Gasteiger partial charge in [-0.1, -0.05) is 0 Å². The molecule has 39 heavy (non-hydrogen) atoms. The zero-order valence-electron chi connectivity index (χ0n) is 18.1. The van der Waals surface area contributed by atoms with E-state index in [1.165, 1.54) is 0 Å². The van der Waals surface area contributed by atoms with Crippen LogP contribution in [0, 0.1) is 29.1 Å². The van der Waals surface area contributed by atoms with Gasteiger partial charge in [-0.05, 0) is 12.1 Å². The van der Waals surface area contributed by atoms with Gasteiger partial charge in [-0.15, -0.1) is 0 Å². The Morgan fingerprint density at radius 1 is 0.513 bits per heavy atom. The average Bonchev–Trinajstić information content (AvgIpc) is 2.76. The van der Waals surface area contributed by atoms with Crippen molar-refractivity contribution < 1.29 is 70.9 Å². The molecule has 0 saturated heterocycles. The summed E-state index contributed by atoms with van der Waals surface area (Å²) in [6.07, 6.45) is -16.9. The molecule has 3 rings (SSSR count). The zero-order valence-corrected chi connectivity index (χ0v) is 18.1. The van der Waals surface area contributed by atoms with E-state index in [0.717, 1.165) is 0 Å². The van der Waals surface area contributed by atoms with E-state index in [-0.39, 0.29) is 24.3 Å². The van der Waals surface area contributed by atoms with E-state index >= 15 is 0 Å². The summed E-state index contributed by atoms with van der Waals surface area (Å²) >= 11 is 0. The molecule has 0 fully saturated rings. The van der Waals surface area contributed by atoms with Gasteiger partial charge in [0.05, 0.1) is 22.5 Å². The molecular weight excluding hydrogens is 578 g/mol. The van der Waals surface area contributed by atoms with Gasteiger partial charge in [-0.2, -0.15) is 39.5 Å². The topological polar surface area (TPSA) is 70.5 Å². The monoisotopic (exact) mass is 586 g/mol. The Labute approximate surface area is 206 Å². The summed E-state index contributed by atoms with van der Waals surface area (Å²) in [5.41, 5.74) is 0.165. The Balaban J connectivity index is 2.25. The molecule has 0 saturated carbocycles. The number of ether oxygens (including phenoxy) is 2. The van der Waals surface area contributed by atoms with Crippen LogP contribution in [0.5, 0.6) is 23.0 Å². The zero-order chi connectivity index (χ0) is 29.8. The lowest BCUT2D eigenvalue weighted by molar-refractivity contribution is -0.142. The van der Waals surface area contributed by atoms with Gasteiger partial charge >= 0.3 is 18.5 Å². The van der Waals surface area contributed by atoms with E-state index in [9.17, 15) is 61.5 Å². The van der Waals surface area contributed by atoms with Crippen LogP contribution < -0.4 is 20.9 Å². The third-order valence-corrected chi connectivity index (χ3v) is 4.73. The summed E-state index contributed by atoms with van der Waals surface area (Å²) in [7, 11) is 0. The van der Waals surface area contributed by atoms with Crippen molar-refractivity contribution in [3.05, 3.63) is 70.0 Å². The van der Waals surface area contributed by atoms with Crippen molar-refractivity contribution in [1.29, 1.82) is 0 Å². The van der Waals surface area contributed by atoms with Gasteiger partial charge < -0.3 is 20.9 Å². The van der Waals surface area contributed by atoms with Crippen molar-refractivity contribution in [2.75, 3.05) is 11.5 Å². The van der Waals surface area contributed by atoms with E-state index in [1.54, 1.807) is 0 Å². The lowest BCUT2D eigenvalue weighted by Gasteiger charge is -2.19. The first-order chi connectivity index (χ1) is 17.6. The number of alkyl halides is 9. The average molecular weight is 586 g/mol. The summed E-state index contributed by atoms with van der Waals surface area (Å²) in [6, 6.07) is -0.885. The number of halogens is 14. The molecule has 3 aromatic rings. The highest BCUT2D eigenvalue weighted by atomic mass is 19.4. The number of anilines is 2. The van der Waals surface area contributed by atoms with Crippen LogP contribution in [0.2, 0.25) is 0 Å². The fraction of sp³-hybridized carbons (Fsp3) is 0.143. The third kappa shape index (κ3) is 5.68. The summed E-state index contributed by atoms with van der Waals surface area (Å²) in [5, 5.41) is 0. The van der Waals surface area contributed by atoms with Crippen LogP contribution in [0.4, 0.5) is 72.8 Å². The summed E-state index contributed by atoms with van der Waals surface area (Å²) in [6.45, 7) is 0. The van der Waals surface area contributed by atoms with Crippen molar-refractivity contribution in [1.82, 2.24) is 0 Å². The lowest BCUT2D eigenvalue weighted by Crippen LogP contribution is -2.14. The number of benzene rings is 3. The fourth-order valence-corrected chi connectivity index (χ4v) is 3.06. The molecule has 0 aliphatic rings. The number of rotatable bonds is 4. The second kappa shape index (κ2) is 9.57. The number of hydrogen-bond donors (Lipinski definition) is 2. The van der Waals surface area contributed by atoms with Crippen LogP contribution in [0.3, 0.4) is 0 Å². The largest absolute Gasteiger partial charge is 0.451 e. The molecule has 0 heterocycles. The SMILES string of the molecule is Nc1cc(C(F)(F)F)c(F)c(Oc2cc(F)c(C(F)(F)F)c(Oc3c(F)c(N)cc(C(F)(F)F)c3F)c2)c1F. The molecule has 0 radical (unpaired) electrons. The molecule has 0 bridgehead atoms. The first-order valence-corrected chi connectivity index (χ1v) is 9.60. The molecule has 3 aromatic carbocycles. The van der Waals surface area contributed by atoms with E-state index in [2.05, 4.69) is 9.47 Å². The number of nitrogen functional groups attached to an aromatic ring is 2. The van der Waals surface area contributed by atoms with E-state index in [1.807, 2.05) is 0 Å². The van der Waals surface area contributed by atoms with Crippen molar-refractivity contribution in [3.63, 3.8) is 0 Å². The molecule has 0 atom stereocenters. The van der Waals surface area contributed by atoms with Crippen LogP contribution >= 0.6 is 0 Å². The second-order valence-electron chi connectivity index (χ2n) is 7.42. The second-order valence-corrected chi connectivity index (χ2v) is 7.42. The Kier molecular flexibility index (Phi) is 7.22. The molecule has 4 nitrogen and oxygen atoms in total. The minimum Gasteiger partial charge on any atom is -0.451 e. The molecule has 0 aromatic heterocycles. The van der Waals surface area contributed by atoms with Crippen LogP contribution in [0.15, 0.2) is 24.3 Å². The van der Waals surface area contributed by atoms with E-state index in [4.69, 9.17) is 11.5 Å². The van der Waals surface area contributed by atoms with Gasteiger partial charge in [0.15, 0.2) is 23.3 Å². The molecule has 0 spiro atoms. The Morgan fingerprint density at radius 2 is 0.923 bits per heavy atom. The lowest BCUT2D eigenvalue weighted by atomic mass is 10.1. The molecule has 0 amide bonds. The standard InChI is InChI=1S/C21H8F14N2O2/c22-8-1-5(38-17-13(23)6(19(27,28)29)3-9(36)15(17)25)2-11(12(8)21(33,34)35)39-18-14(24)7(20(30,31)32)4-10(37)16(18)26/h1-4H,36-37H2. The molecule has 212 valence electrons. The molecule has 0 aliphatic carbocycles. The Bertz CT molecular complexity index is 1450. The maximum atomic E-state index is 14.4. The summed E-state index contributed by atoms with van der Waals surface area (Å²) < 4.78 is 199. The van der Waals surface area contributed by atoms with Crippen LogP contribution in [0.1, 0.15) is 16.7 Å². The van der Waals surface area contributed by atoms with Gasteiger partial charge in [-0.25, -0.2) is 22.0 Å². The smallest absolute Gasteiger partial charge is 0.422 e. The van der Waals surface area contributed by atoms with E-state index < -0.39 is 98.7 Å². The highest BCUT2D eigenvalue weighted by Gasteiger charge is 2.42. The third-order valence-electron chi connectivity index (χ3n) is 4.73. The van der Waals surface area contributed by atoms with Crippen molar-refractivity contribution >= 4 is 11.4 Å². The van der Waals surface area contributed by atoms with Crippen LogP contribution in [-0.4, -0.2) is 0 Å². The summed E-state index contributed by atoms with van der Waals surface area (Å²) in [5.74, 6) is -19.4. The predicted molar refractivity (Wildman–Crippen MR) is 103 cm³/mol. The maximum Gasteiger partial charge on any atom is 0.422 e. The number of nitrogens with two attached hydrogens (primary N) is 2. The van der Waals surface area contributed by atoms with Crippen molar-refractivity contribution in [2.45, 2.75) is 18.5 Å². The van der Waals surface area contributed by atoms with Gasteiger partial charge in [-0.3, -0.25) is 0 Å². The molecule has 0 unspecified atom stereocenters. The Morgan fingerprint density at radius 3 is 1.31 bits per heavy atom. The van der Waals surface area contributed by atoms with Crippen molar-refractivity contribution in [2.24, 2.45) is 0 Å². The molecule has 4 N–H and O–H groups in total. The Hall–Kier alpha value is -4.12. The minimum atomic E-state index is -5.78. The normalized spacial score (nSPS) is 12.6. The summed E-state index contributed by atoms with van der Waals surface area (Å²) in [4.78, 5) is 0. The van der Waals surface area contributed by atoms with Gasteiger partial charge in [0.1, 0.15) is 22.9 Å². The van der Waals surface area contributed by atoms with Gasteiger partial charge in [0.25, 0.3) is 0 Å². The first kappa shape index (κ1) is 29.4. The van der Waals surface area contributed by atoms with Crippen LogP contribution in [0.25, 0.3) is 0 Å². The predicted octanol–water partition coefficient (Wildman–Crippen LogP) is 8.19. The maximum absolute atomic E-state index is 14.4. The fourth-order valence-electron chi connectivity index (χ4n) is 3.06. The highest BCUT2D eigenvalue weighted by Crippen LogP contribution is 2.47. The first-order valence-electron chi connectivity index (χ1n) is 9.60. The van der Waals surface area contributed by atoms with Gasteiger partial charge in [0, 0.05) is 12.1 Å². The van der Waals surface area contributed by atoms with E-state index in [0.29, 0.717) is 0 Å². The van der Waals surface area contributed by atoms with Gasteiger partial charge in [0.2, 0.25) is 11.5 Å². The van der Waals surface area contributed by atoms with Crippen molar-refractivity contribution in [3.8, 4) is 23.0 Å². The number of hydrogen-bond acceptors (Lipinski definition) is 4. The highest BCUT2D eigenvalue weighted by molar-refractivity contribution is 5.56. The van der Waals surface area contributed by atoms with Crippen LogP contribution in [-0.2, 0) is 18.5 Å². The molecule has 18 heteroatoms. The minimum absolute atomic E-state index is 0.170. The molecular formula is C21H8F14N2O2.